The smallest absolute Gasteiger partial charge is 0.325 e. The van der Waals surface area contributed by atoms with E-state index < -0.39 is 11.5 Å². The van der Waals surface area contributed by atoms with Gasteiger partial charge in [0, 0.05) is 19.0 Å². The third-order valence-electron chi connectivity index (χ3n) is 5.09. The first-order valence-corrected chi connectivity index (χ1v) is 6.81. The van der Waals surface area contributed by atoms with Crippen LogP contribution in [0, 0.1) is 17.8 Å². The molecule has 100 valence electrons. The fraction of sp³-hybridized carbons (Fsp3) is 0.846. The Morgan fingerprint density at radius 2 is 2.06 bits per heavy atom. The third-order valence-corrected chi connectivity index (χ3v) is 5.09. The summed E-state index contributed by atoms with van der Waals surface area (Å²) in [7, 11) is 0. The molecule has 1 amide bonds. The molecule has 4 unspecified atom stereocenters. The molecule has 2 saturated carbocycles. The van der Waals surface area contributed by atoms with Crippen molar-refractivity contribution < 1.29 is 14.7 Å². The predicted octanol–water partition coefficient (Wildman–Crippen LogP) is 0.437. The molecule has 2 aliphatic carbocycles. The minimum atomic E-state index is -1.23. The number of carboxylic acid groups (broad SMARTS) is 1. The number of nitrogens with two attached hydrogens (primary N) is 1. The van der Waals surface area contributed by atoms with Crippen LogP contribution in [0.3, 0.4) is 0 Å². The van der Waals surface area contributed by atoms with Crippen LogP contribution in [0.15, 0.2) is 0 Å². The molecule has 5 heteroatoms. The number of hydrogen-bond acceptors (Lipinski definition) is 3. The average Bonchev–Trinajstić information content (AvgIpc) is 3.02. The monoisotopic (exact) mass is 252 g/mol. The van der Waals surface area contributed by atoms with Gasteiger partial charge in [0.1, 0.15) is 5.54 Å². The van der Waals surface area contributed by atoms with E-state index in [1.165, 1.54) is 19.3 Å². The zero-order chi connectivity index (χ0) is 12.9. The van der Waals surface area contributed by atoms with Crippen LogP contribution in [-0.4, -0.2) is 40.5 Å². The van der Waals surface area contributed by atoms with Crippen LogP contribution in [0.1, 0.15) is 32.1 Å². The fourth-order valence-corrected chi connectivity index (χ4v) is 3.98. The molecule has 3 aliphatic rings. The molecule has 1 heterocycles. The number of aliphatic carboxylic acids is 1. The maximum atomic E-state index is 12.4. The van der Waals surface area contributed by atoms with E-state index in [0.717, 1.165) is 12.3 Å². The van der Waals surface area contributed by atoms with Gasteiger partial charge in [0.05, 0.1) is 0 Å². The standard InChI is InChI=1S/C13H20N2O3/c14-13(12(17)18)3-4-15(7-13)11(16)10-6-8-1-2-9(10)5-8/h8-10H,1-7,14H2,(H,17,18). The van der Waals surface area contributed by atoms with Gasteiger partial charge in [-0.1, -0.05) is 6.42 Å². The van der Waals surface area contributed by atoms with E-state index in [0.29, 0.717) is 18.9 Å². The number of carbonyl (C=O) groups excluding carboxylic acids is 1. The Hall–Kier alpha value is -1.10. The summed E-state index contributed by atoms with van der Waals surface area (Å²) in [5.74, 6) is 0.565. The molecule has 0 aromatic heterocycles. The Labute approximate surface area is 106 Å². The number of amides is 1. The maximum absolute atomic E-state index is 12.4. The average molecular weight is 252 g/mol. The lowest BCUT2D eigenvalue weighted by atomic mass is 9.88. The highest BCUT2D eigenvalue weighted by atomic mass is 16.4. The number of carbonyl (C=O) groups is 2. The molecule has 5 nitrogen and oxygen atoms in total. The highest BCUT2D eigenvalue weighted by Gasteiger charge is 2.48. The fourth-order valence-electron chi connectivity index (χ4n) is 3.98. The quantitative estimate of drug-likeness (QED) is 0.747. The van der Waals surface area contributed by atoms with Gasteiger partial charge in [-0.2, -0.15) is 0 Å². The Morgan fingerprint density at radius 3 is 2.56 bits per heavy atom. The van der Waals surface area contributed by atoms with Crippen LogP contribution in [0.4, 0.5) is 0 Å². The molecular weight excluding hydrogens is 232 g/mol. The molecule has 1 aliphatic heterocycles. The first-order valence-electron chi connectivity index (χ1n) is 6.81. The van der Waals surface area contributed by atoms with Crippen molar-refractivity contribution in [2.24, 2.45) is 23.5 Å². The summed E-state index contributed by atoms with van der Waals surface area (Å²) < 4.78 is 0. The second-order valence-electron chi connectivity index (χ2n) is 6.25. The second kappa shape index (κ2) is 3.95. The van der Waals surface area contributed by atoms with Crippen molar-refractivity contribution in [2.75, 3.05) is 13.1 Å². The zero-order valence-electron chi connectivity index (χ0n) is 10.5. The van der Waals surface area contributed by atoms with Crippen LogP contribution in [0.25, 0.3) is 0 Å². The zero-order valence-corrected chi connectivity index (χ0v) is 10.5. The number of rotatable bonds is 2. The van der Waals surface area contributed by atoms with E-state index in [1.807, 2.05) is 0 Å². The number of hydrogen-bond donors (Lipinski definition) is 2. The highest BCUT2D eigenvalue weighted by Crippen LogP contribution is 2.49. The Bertz CT molecular complexity index is 398. The van der Waals surface area contributed by atoms with Crippen LogP contribution < -0.4 is 5.73 Å². The molecular formula is C13H20N2O3. The maximum Gasteiger partial charge on any atom is 0.325 e. The molecule has 4 atom stereocenters. The molecule has 0 aromatic carbocycles. The van der Waals surface area contributed by atoms with Gasteiger partial charge in [-0.3, -0.25) is 9.59 Å². The normalized spacial score (nSPS) is 42.5. The van der Waals surface area contributed by atoms with Gasteiger partial charge in [0.15, 0.2) is 0 Å². The van der Waals surface area contributed by atoms with Gasteiger partial charge in [-0.15, -0.1) is 0 Å². The molecule has 3 N–H and O–H groups in total. The van der Waals surface area contributed by atoms with Crippen LogP contribution in [-0.2, 0) is 9.59 Å². The first-order chi connectivity index (χ1) is 8.49. The van der Waals surface area contributed by atoms with Crippen LogP contribution in [0.2, 0.25) is 0 Å². The minimum Gasteiger partial charge on any atom is -0.480 e. The molecule has 0 radical (unpaired) electrons. The molecule has 18 heavy (non-hydrogen) atoms. The van der Waals surface area contributed by atoms with Gasteiger partial charge in [0.2, 0.25) is 5.91 Å². The van der Waals surface area contributed by atoms with E-state index in [4.69, 9.17) is 10.8 Å². The Kier molecular flexibility index (Phi) is 2.62. The summed E-state index contributed by atoms with van der Waals surface area (Å²) >= 11 is 0. The molecule has 0 aromatic rings. The molecule has 0 spiro atoms. The topological polar surface area (TPSA) is 83.6 Å². The lowest BCUT2D eigenvalue weighted by Crippen LogP contribution is -2.51. The van der Waals surface area contributed by atoms with Gasteiger partial charge < -0.3 is 15.7 Å². The molecule has 2 bridgehead atoms. The highest BCUT2D eigenvalue weighted by molar-refractivity contribution is 5.84. The second-order valence-corrected chi connectivity index (χ2v) is 6.25. The molecule has 3 rings (SSSR count). The van der Waals surface area contributed by atoms with Crippen molar-refractivity contribution in [3.63, 3.8) is 0 Å². The summed E-state index contributed by atoms with van der Waals surface area (Å²) in [6.45, 7) is 0.671. The molecule has 1 saturated heterocycles. The van der Waals surface area contributed by atoms with Crippen molar-refractivity contribution >= 4 is 11.9 Å². The van der Waals surface area contributed by atoms with Crippen molar-refractivity contribution in [3.8, 4) is 0 Å². The lowest BCUT2D eigenvalue weighted by Gasteiger charge is -2.27. The van der Waals surface area contributed by atoms with Crippen molar-refractivity contribution in [1.82, 2.24) is 4.90 Å². The minimum absolute atomic E-state index is 0.139. The largest absolute Gasteiger partial charge is 0.480 e. The van der Waals surface area contributed by atoms with Gasteiger partial charge in [-0.25, -0.2) is 0 Å². The summed E-state index contributed by atoms with van der Waals surface area (Å²) in [6.07, 6.45) is 5.00. The Balaban J connectivity index is 1.66. The van der Waals surface area contributed by atoms with Crippen molar-refractivity contribution in [3.05, 3.63) is 0 Å². The van der Waals surface area contributed by atoms with Crippen LogP contribution >= 0.6 is 0 Å². The SMILES string of the molecule is NC1(C(=O)O)CCN(C(=O)C2CC3CCC2C3)C1. The van der Waals surface area contributed by atoms with E-state index in [9.17, 15) is 9.59 Å². The summed E-state index contributed by atoms with van der Waals surface area (Å²) in [6, 6.07) is 0. The van der Waals surface area contributed by atoms with Gasteiger partial charge in [-0.05, 0) is 37.5 Å². The van der Waals surface area contributed by atoms with Crippen LogP contribution in [0.5, 0.6) is 0 Å². The Morgan fingerprint density at radius 1 is 1.28 bits per heavy atom. The van der Waals surface area contributed by atoms with Gasteiger partial charge in [0.25, 0.3) is 0 Å². The number of likely N-dealkylation sites (tertiary alicyclic amines) is 1. The third kappa shape index (κ3) is 1.72. The number of carboxylic acids is 1. The first kappa shape index (κ1) is 12.0. The van der Waals surface area contributed by atoms with E-state index >= 15 is 0 Å². The van der Waals surface area contributed by atoms with E-state index in [1.54, 1.807) is 4.90 Å². The van der Waals surface area contributed by atoms with E-state index in [-0.39, 0.29) is 18.4 Å². The summed E-state index contributed by atoms with van der Waals surface area (Å²) in [5.41, 5.74) is 4.58. The van der Waals surface area contributed by atoms with Gasteiger partial charge >= 0.3 is 5.97 Å². The lowest BCUT2D eigenvalue weighted by molar-refractivity contribution is -0.143. The summed E-state index contributed by atoms with van der Waals surface area (Å²) in [4.78, 5) is 25.2. The summed E-state index contributed by atoms with van der Waals surface area (Å²) in [5, 5.41) is 9.08. The van der Waals surface area contributed by atoms with Crippen molar-refractivity contribution in [2.45, 2.75) is 37.6 Å². The van der Waals surface area contributed by atoms with Crippen molar-refractivity contribution in [1.29, 1.82) is 0 Å². The number of fused-ring (bicyclic) bond motifs is 2. The van der Waals surface area contributed by atoms with E-state index in [2.05, 4.69) is 0 Å². The molecule has 3 fully saturated rings. The predicted molar refractivity (Wildman–Crippen MR) is 64.7 cm³/mol. The number of nitrogens with zero attached hydrogens (tertiary/aromatic N) is 1.